The van der Waals surface area contributed by atoms with Gasteiger partial charge in [-0.1, -0.05) is 19.4 Å². The minimum Gasteiger partial charge on any atom is -0.344 e. The molecule has 0 atom stereocenters. The molecule has 0 spiro atoms. The number of unbranched alkanes of at least 4 members (excludes halogenated alkanes) is 1. The molecule has 0 aromatic carbocycles. The van der Waals surface area contributed by atoms with Crippen LogP contribution in [-0.2, 0) is 6.42 Å². The number of hydrogen-bond donors (Lipinski definition) is 1. The van der Waals surface area contributed by atoms with Crippen molar-refractivity contribution in [3.05, 3.63) is 29.6 Å². The van der Waals surface area contributed by atoms with E-state index in [1.807, 2.05) is 12.3 Å². The largest absolute Gasteiger partial charge is 0.344 e. The summed E-state index contributed by atoms with van der Waals surface area (Å²) in [4.78, 5) is 4.32. The molecule has 68 valence electrons. The highest BCUT2D eigenvalue weighted by molar-refractivity contribution is 5.17. The van der Waals surface area contributed by atoms with Crippen LogP contribution in [-0.4, -0.2) is 4.98 Å². The van der Waals surface area contributed by atoms with Crippen LogP contribution in [0.4, 0.5) is 0 Å². The van der Waals surface area contributed by atoms with Crippen LogP contribution in [0.15, 0.2) is 18.3 Å². The summed E-state index contributed by atoms with van der Waals surface area (Å²) in [7, 11) is 0. The molecule has 0 aliphatic carbocycles. The maximum absolute atomic E-state index is 4.32. The van der Waals surface area contributed by atoms with Gasteiger partial charge in [0.15, 0.2) is 0 Å². The van der Waals surface area contributed by atoms with Gasteiger partial charge in [-0.25, -0.2) is 0 Å². The molecule has 1 heterocycles. The molecule has 0 bridgehead atoms. The fraction of sp³-hybridized carbons (Fsp3) is 0.500. The number of rotatable bonds is 3. The zero-order valence-corrected chi connectivity index (χ0v) is 8.01. The van der Waals surface area contributed by atoms with Crippen molar-refractivity contribution in [3.63, 3.8) is 0 Å². The fourth-order valence-corrected chi connectivity index (χ4v) is 1.12. The summed E-state index contributed by atoms with van der Waals surface area (Å²) in [6.45, 7) is 4.33. The van der Waals surface area contributed by atoms with Crippen LogP contribution in [0.2, 0.25) is 0 Å². The van der Waals surface area contributed by atoms with Crippen molar-refractivity contribution in [3.8, 4) is 0 Å². The van der Waals surface area contributed by atoms with Gasteiger partial charge in [-0.05, 0) is 31.4 Å². The van der Waals surface area contributed by atoms with Gasteiger partial charge in [-0.15, -0.1) is 0 Å². The molecule has 0 fully saturated rings. The summed E-state index contributed by atoms with van der Waals surface area (Å²) in [6, 6.07) is 4.11. The Balaban J connectivity index is 0.00000121. The summed E-state index contributed by atoms with van der Waals surface area (Å²) in [5.41, 5.74) is 2.58. The van der Waals surface area contributed by atoms with Crippen LogP contribution >= 0.6 is 0 Å². The topological polar surface area (TPSA) is 47.9 Å². The van der Waals surface area contributed by atoms with Crippen molar-refractivity contribution in [2.24, 2.45) is 0 Å². The predicted molar refractivity (Wildman–Crippen MR) is 52.6 cm³/mol. The monoisotopic (exact) mass is 166 g/mol. The van der Waals surface area contributed by atoms with E-state index in [-0.39, 0.29) is 6.15 Å². The fourth-order valence-electron chi connectivity index (χ4n) is 1.12. The van der Waals surface area contributed by atoms with E-state index in [1.54, 1.807) is 0 Å². The Morgan fingerprint density at radius 1 is 1.42 bits per heavy atom. The van der Waals surface area contributed by atoms with Crippen molar-refractivity contribution in [1.29, 1.82) is 0 Å². The summed E-state index contributed by atoms with van der Waals surface area (Å²) in [5.74, 6) is 0. The molecule has 1 aromatic rings. The molecule has 0 saturated carbocycles. The first-order chi connectivity index (χ1) is 5.34. The molecule has 1 rings (SSSR count). The first-order valence-electron chi connectivity index (χ1n) is 4.25. The van der Waals surface area contributed by atoms with Crippen LogP contribution in [0.25, 0.3) is 0 Å². The van der Waals surface area contributed by atoms with E-state index in [4.69, 9.17) is 0 Å². The van der Waals surface area contributed by atoms with E-state index in [9.17, 15) is 0 Å². The molecule has 12 heavy (non-hydrogen) atoms. The number of aromatic nitrogens is 1. The highest BCUT2D eigenvalue weighted by atomic mass is 14.7. The van der Waals surface area contributed by atoms with E-state index in [1.165, 1.54) is 24.1 Å². The lowest BCUT2D eigenvalue weighted by atomic mass is 10.1. The van der Waals surface area contributed by atoms with Crippen LogP contribution in [0.1, 0.15) is 31.0 Å². The Morgan fingerprint density at radius 3 is 2.75 bits per heavy atom. The minimum atomic E-state index is 0. The van der Waals surface area contributed by atoms with E-state index in [2.05, 4.69) is 24.9 Å². The Kier molecular flexibility index (Phi) is 5.30. The van der Waals surface area contributed by atoms with Crippen LogP contribution in [0, 0.1) is 6.92 Å². The summed E-state index contributed by atoms with van der Waals surface area (Å²) in [6.07, 6.45) is 5.50. The van der Waals surface area contributed by atoms with Crippen molar-refractivity contribution >= 4 is 0 Å². The third kappa shape index (κ3) is 3.01. The van der Waals surface area contributed by atoms with Crippen LogP contribution < -0.4 is 6.15 Å². The third-order valence-electron chi connectivity index (χ3n) is 1.88. The van der Waals surface area contributed by atoms with Gasteiger partial charge in [-0.2, -0.15) is 0 Å². The van der Waals surface area contributed by atoms with E-state index in [0.29, 0.717) is 0 Å². The molecule has 0 radical (unpaired) electrons. The molecule has 3 N–H and O–H groups in total. The first-order valence-corrected chi connectivity index (χ1v) is 4.25. The van der Waals surface area contributed by atoms with Gasteiger partial charge in [-0.3, -0.25) is 4.98 Å². The molecular formula is C10H18N2. The predicted octanol–water partition coefficient (Wildman–Crippen LogP) is 2.89. The van der Waals surface area contributed by atoms with E-state index in [0.717, 1.165) is 6.42 Å². The lowest BCUT2D eigenvalue weighted by molar-refractivity contribution is 0.771. The molecule has 2 heteroatoms. The van der Waals surface area contributed by atoms with Gasteiger partial charge >= 0.3 is 0 Å². The highest BCUT2D eigenvalue weighted by Crippen LogP contribution is 2.06. The van der Waals surface area contributed by atoms with Crippen LogP contribution in [0.3, 0.4) is 0 Å². The van der Waals surface area contributed by atoms with Gasteiger partial charge in [0.2, 0.25) is 0 Å². The second-order valence-electron chi connectivity index (χ2n) is 2.87. The standard InChI is InChI=1S/C10H15N.H3N/c1-3-4-7-10-9(2)6-5-8-11-10;/h5-6,8H,3-4,7H2,1-2H3;1H3. The molecule has 1 aromatic heterocycles. The molecule has 0 aliphatic heterocycles. The second kappa shape index (κ2) is 5.72. The Labute approximate surface area is 74.6 Å². The smallest absolute Gasteiger partial charge is 0.0432 e. The normalized spacial score (nSPS) is 9.17. The first kappa shape index (κ1) is 11.1. The Hall–Kier alpha value is -0.890. The number of hydrogen-bond acceptors (Lipinski definition) is 2. The summed E-state index contributed by atoms with van der Waals surface area (Å²) in [5, 5.41) is 0. The SMILES string of the molecule is CCCCc1ncccc1C.N. The highest BCUT2D eigenvalue weighted by Gasteiger charge is 1.95. The summed E-state index contributed by atoms with van der Waals surface area (Å²) >= 11 is 0. The average Bonchev–Trinajstić information content (AvgIpc) is 2.03. The Morgan fingerprint density at radius 2 is 2.17 bits per heavy atom. The molecule has 0 unspecified atom stereocenters. The molecule has 2 nitrogen and oxygen atoms in total. The van der Waals surface area contributed by atoms with E-state index < -0.39 is 0 Å². The zero-order chi connectivity index (χ0) is 8.10. The van der Waals surface area contributed by atoms with Crippen molar-refractivity contribution in [1.82, 2.24) is 11.1 Å². The molecule has 0 amide bonds. The Bertz CT molecular complexity index is 221. The average molecular weight is 166 g/mol. The lowest BCUT2D eigenvalue weighted by Crippen LogP contribution is -1.92. The van der Waals surface area contributed by atoms with Gasteiger partial charge in [0, 0.05) is 11.9 Å². The van der Waals surface area contributed by atoms with Gasteiger partial charge < -0.3 is 6.15 Å². The van der Waals surface area contributed by atoms with Crippen molar-refractivity contribution in [2.45, 2.75) is 33.1 Å². The van der Waals surface area contributed by atoms with E-state index >= 15 is 0 Å². The minimum absolute atomic E-state index is 0. The number of pyridine rings is 1. The van der Waals surface area contributed by atoms with Crippen LogP contribution in [0.5, 0.6) is 0 Å². The van der Waals surface area contributed by atoms with Gasteiger partial charge in [0.1, 0.15) is 0 Å². The number of nitrogens with zero attached hydrogens (tertiary/aromatic N) is 1. The van der Waals surface area contributed by atoms with Gasteiger partial charge in [0.25, 0.3) is 0 Å². The second-order valence-corrected chi connectivity index (χ2v) is 2.87. The summed E-state index contributed by atoms with van der Waals surface area (Å²) < 4.78 is 0. The molecular weight excluding hydrogens is 148 g/mol. The molecule has 0 saturated heterocycles. The maximum Gasteiger partial charge on any atom is 0.0432 e. The quantitative estimate of drug-likeness (QED) is 0.750. The molecule has 0 aliphatic rings. The maximum atomic E-state index is 4.32. The lowest BCUT2D eigenvalue weighted by Gasteiger charge is -2.01. The van der Waals surface area contributed by atoms with Crippen molar-refractivity contribution < 1.29 is 0 Å². The third-order valence-corrected chi connectivity index (χ3v) is 1.88. The zero-order valence-electron chi connectivity index (χ0n) is 8.01. The van der Waals surface area contributed by atoms with Gasteiger partial charge in [0.05, 0.1) is 0 Å². The van der Waals surface area contributed by atoms with Crippen molar-refractivity contribution in [2.75, 3.05) is 0 Å². The number of aryl methyl sites for hydroxylation is 2.